The summed E-state index contributed by atoms with van der Waals surface area (Å²) in [4.78, 5) is 16.2. The van der Waals surface area contributed by atoms with Crippen molar-refractivity contribution in [1.82, 2.24) is 10.2 Å². The van der Waals surface area contributed by atoms with Crippen LogP contribution in [0.3, 0.4) is 0 Å². The summed E-state index contributed by atoms with van der Waals surface area (Å²) in [5.74, 6) is 1.04. The quantitative estimate of drug-likeness (QED) is 0.351. The van der Waals surface area contributed by atoms with Crippen LogP contribution >= 0.6 is 23.1 Å². The molecule has 1 fully saturated rings. The van der Waals surface area contributed by atoms with Gasteiger partial charge in [-0.05, 0) is 54.9 Å². The molecule has 1 amide bonds. The smallest absolute Gasteiger partial charge is 0.488 e. The molecule has 1 aromatic heterocycles. The molecule has 2 aromatic carbocycles. The molecule has 1 spiro atoms. The summed E-state index contributed by atoms with van der Waals surface area (Å²) in [7, 11) is 0.432. The van der Waals surface area contributed by atoms with Crippen molar-refractivity contribution < 1.29 is 19.6 Å². The molecule has 2 aliphatic heterocycles. The number of carbonyl (C=O) groups excluding carboxylic acids is 1. The zero-order valence-electron chi connectivity index (χ0n) is 19.9. The Hall–Kier alpha value is -2.30. The Morgan fingerprint density at radius 2 is 2.00 bits per heavy atom. The molecule has 1 saturated heterocycles. The van der Waals surface area contributed by atoms with E-state index in [4.69, 9.17) is 4.74 Å². The van der Waals surface area contributed by atoms with Crippen molar-refractivity contribution in [1.29, 1.82) is 0 Å². The fourth-order valence-corrected chi connectivity index (χ4v) is 7.01. The number of nitrogens with zero attached hydrogens (tertiary/aromatic N) is 1. The summed E-state index contributed by atoms with van der Waals surface area (Å²) in [6.07, 6.45) is 3.77. The van der Waals surface area contributed by atoms with Gasteiger partial charge < -0.3 is 25.0 Å². The van der Waals surface area contributed by atoms with Gasteiger partial charge in [-0.25, -0.2) is 0 Å². The fraction of sp³-hybridized carbons (Fsp3) is 0.346. The van der Waals surface area contributed by atoms with Crippen LogP contribution in [0, 0.1) is 0 Å². The van der Waals surface area contributed by atoms with E-state index in [2.05, 4.69) is 23.5 Å². The second kappa shape index (κ2) is 9.99. The minimum atomic E-state index is -1.52. The highest BCUT2D eigenvalue weighted by Crippen LogP contribution is 2.46. The molecule has 0 saturated carbocycles. The van der Waals surface area contributed by atoms with E-state index < -0.39 is 7.12 Å². The second-order valence-corrected chi connectivity index (χ2v) is 11.4. The summed E-state index contributed by atoms with van der Waals surface area (Å²) < 4.78 is 7.10. The molecule has 182 valence electrons. The molecule has 5 rings (SSSR count). The monoisotopic (exact) mass is 508 g/mol. The van der Waals surface area contributed by atoms with Crippen LogP contribution in [0.25, 0.3) is 11.1 Å². The van der Waals surface area contributed by atoms with Crippen LogP contribution in [0.1, 0.15) is 33.6 Å². The number of ether oxygens (including phenoxy) is 1. The maximum Gasteiger partial charge on any atom is 0.488 e. The number of rotatable bonds is 6. The van der Waals surface area contributed by atoms with Crippen molar-refractivity contribution in [3.8, 4) is 16.9 Å². The van der Waals surface area contributed by atoms with Gasteiger partial charge in [0.15, 0.2) is 0 Å². The predicted molar refractivity (Wildman–Crippen MR) is 143 cm³/mol. The molecule has 6 nitrogen and oxygen atoms in total. The van der Waals surface area contributed by atoms with Gasteiger partial charge in [0.1, 0.15) is 5.75 Å². The van der Waals surface area contributed by atoms with Crippen molar-refractivity contribution in [3.05, 3.63) is 64.5 Å². The van der Waals surface area contributed by atoms with Crippen LogP contribution in [0.5, 0.6) is 5.75 Å². The van der Waals surface area contributed by atoms with Crippen LogP contribution < -0.4 is 15.5 Å². The molecule has 2 aliphatic rings. The third-order valence-corrected chi connectivity index (χ3v) is 9.36. The number of piperidine rings is 1. The first-order chi connectivity index (χ1) is 16.9. The molecular formula is C26H29BN2O4S2. The molecule has 3 heterocycles. The van der Waals surface area contributed by atoms with Gasteiger partial charge >= 0.3 is 7.12 Å². The number of benzene rings is 2. The van der Waals surface area contributed by atoms with Gasteiger partial charge in [-0.1, -0.05) is 36.4 Å². The summed E-state index contributed by atoms with van der Waals surface area (Å²) in [5, 5.41) is 22.3. The number of fused-ring (bicyclic) bond motifs is 2. The van der Waals surface area contributed by atoms with Crippen LogP contribution in [-0.2, 0) is 12.0 Å². The number of nitrogens with one attached hydrogen (secondary N) is 1. The maximum absolute atomic E-state index is 13.5. The Labute approximate surface area is 214 Å². The average molecular weight is 508 g/mol. The third-order valence-electron chi connectivity index (χ3n) is 7.10. The SMILES string of the molecule is CNCc1ccc2c(c1)C1(CCN(C(=O)c3cc(-c4cccc(B(O)O)c4)c(SC)s3)CC1)CO2. The number of thioether (sulfide) groups is 1. The highest BCUT2D eigenvalue weighted by atomic mass is 32.2. The van der Waals surface area contributed by atoms with Crippen molar-refractivity contribution in [2.24, 2.45) is 0 Å². The number of hydrogen-bond acceptors (Lipinski definition) is 7. The largest absolute Gasteiger partial charge is 0.492 e. The number of amides is 1. The predicted octanol–water partition coefficient (Wildman–Crippen LogP) is 3.10. The van der Waals surface area contributed by atoms with Crippen LogP contribution in [-0.4, -0.2) is 61.0 Å². The molecule has 9 heteroatoms. The van der Waals surface area contributed by atoms with E-state index in [1.54, 1.807) is 30.0 Å². The molecule has 0 atom stereocenters. The zero-order valence-corrected chi connectivity index (χ0v) is 21.5. The number of hydrogen-bond donors (Lipinski definition) is 3. The average Bonchev–Trinajstić information content (AvgIpc) is 3.47. The van der Waals surface area contributed by atoms with E-state index in [-0.39, 0.29) is 11.3 Å². The Kier molecular flexibility index (Phi) is 6.96. The minimum absolute atomic E-state index is 0.0214. The van der Waals surface area contributed by atoms with Gasteiger partial charge in [0.25, 0.3) is 5.91 Å². The molecule has 0 radical (unpaired) electrons. The first kappa shape index (κ1) is 24.4. The molecular weight excluding hydrogens is 479 g/mol. The standard InChI is InChI=1S/C26H29BN2O4S2/c1-28-15-17-6-7-22-21(12-17)26(16-33-22)8-10-29(11-9-26)24(30)23-14-20(25(34-2)35-23)18-4-3-5-19(13-18)27(31)32/h3-7,12-14,28,31-32H,8-11,15-16H2,1-2H3. The third kappa shape index (κ3) is 4.63. The van der Waals surface area contributed by atoms with Crippen molar-refractivity contribution >= 4 is 41.6 Å². The molecule has 0 aliphatic carbocycles. The topological polar surface area (TPSA) is 82.0 Å². The Bertz CT molecular complexity index is 1240. The van der Waals surface area contributed by atoms with Crippen LogP contribution in [0.15, 0.2) is 52.7 Å². The van der Waals surface area contributed by atoms with Crippen molar-refractivity contribution in [3.63, 3.8) is 0 Å². The molecule has 3 aromatic rings. The van der Waals surface area contributed by atoms with Crippen molar-refractivity contribution in [2.75, 3.05) is 33.0 Å². The summed E-state index contributed by atoms with van der Waals surface area (Å²) in [6.45, 7) is 2.91. The highest BCUT2D eigenvalue weighted by molar-refractivity contribution is 8.00. The lowest BCUT2D eigenvalue weighted by Crippen LogP contribution is -2.45. The number of likely N-dealkylation sites (tertiary alicyclic amines) is 1. The van der Waals surface area contributed by atoms with Crippen molar-refractivity contribution in [2.45, 2.75) is 29.0 Å². The maximum atomic E-state index is 13.5. The highest BCUT2D eigenvalue weighted by Gasteiger charge is 2.44. The second-order valence-electron chi connectivity index (χ2n) is 9.24. The molecule has 3 N–H and O–H groups in total. The Balaban J connectivity index is 1.34. The lowest BCUT2D eigenvalue weighted by Gasteiger charge is -2.38. The van der Waals surface area contributed by atoms with Crippen LogP contribution in [0.4, 0.5) is 0 Å². The first-order valence-corrected chi connectivity index (χ1v) is 13.8. The lowest BCUT2D eigenvalue weighted by atomic mass is 9.74. The molecule has 35 heavy (non-hydrogen) atoms. The first-order valence-electron chi connectivity index (χ1n) is 11.8. The van der Waals surface area contributed by atoms with Gasteiger partial charge in [-0.3, -0.25) is 4.79 Å². The van der Waals surface area contributed by atoms with E-state index in [0.29, 0.717) is 25.2 Å². The van der Waals surface area contributed by atoms with Gasteiger partial charge in [0.05, 0.1) is 15.7 Å². The Morgan fingerprint density at radius 3 is 2.71 bits per heavy atom. The van der Waals surface area contributed by atoms with Gasteiger partial charge in [0.2, 0.25) is 0 Å². The van der Waals surface area contributed by atoms with E-state index in [0.717, 1.165) is 45.3 Å². The summed E-state index contributed by atoms with van der Waals surface area (Å²) >= 11 is 3.11. The fourth-order valence-electron chi connectivity index (χ4n) is 5.13. The van der Waals surface area contributed by atoms with Gasteiger partial charge in [0, 0.05) is 36.2 Å². The number of carbonyl (C=O) groups is 1. The Morgan fingerprint density at radius 1 is 1.20 bits per heavy atom. The van der Waals surface area contributed by atoms with Gasteiger partial charge in [-0.15, -0.1) is 23.1 Å². The normalized spacial score (nSPS) is 16.3. The number of thiophene rings is 1. The zero-order chi connectivity index (χ0) is 24.6. The summed E-state index contributed by atoms with van der Waals surface area (Å²) in [5.41, 5.74) is 4.79. The minimum Gasteiger partial charge on any atom is -0.492 e. The van der Waals surface area contributed by atoms with E-state index in [1.165, 1.54) is 22.5 Å². The van der Waals surface area contributed by atoms with Crippen LogP contribution in [0.2, 0.25) is 0 Å². The van der Waals surface area contributed by atoms with E-state index in [1.807, 2.05) is 30.3 Å². The lowest BCUT2D eigenvalue weighted by molar-refractivity contribution is 0.0651. The van der Waals surface area contributed by atoms with E-state index in [9.17, 15) is 14.8 Å². The summed E-state index contributed by atoms with van der Waals surface area (Å²) in [6, 6.07) is 15.6. The molecule has 0 bridgehead atoms. The van der Waals surface area contributed by atoms with Gasteiger partial charge in [-0.2, -0.15) is 0 Å². The van der Waals surface area contributed by atoms with E-state index >= 15 is 0 Å². The molecule has 0 unspecified atom stereocenters.